The molecule has 4 rings (SSSR count). The Hall–Kier alpha value is -3.00. The fourth-order valence-corrected chi connectivity index (χ4v) is 5.60. The number of ether oxygens (including phenoxy) is 2. The fraction of sp³-hybridized carbons (Fsp3) is 0.200. The predicted octanol–water partition coefficient (Wildman–Crippen LogP) is 6.32. The quantitative estimate of drug-likeness (QED) is 0.243. The highest BCUT2D eigenvalue weighted by Gasteiger charge is 2.48. The van der Waals surface area contributed by atoms with Gasteiger partial charge in [-0.3, -0.25) is 14.5 Å². The highest BCUT2D eigenvalue weighted by Crippen LogP contribution is 2.49. The maximum absolute atomic E-state index is 13.4. The van der Waals surface area contributed by atoms with Crippen LogP contribution in [0.25, 0.3) is 5.76 Å². The fourth-order valence-electron chi connectivity index (χ4n) is 4.09. The maximum atomic E-state index is 13.4. The third-order valence-electron chi connectivity index (χ3n) is 5.89. The monoisotopic (exact) mass is 517 g/mol. The summed E-state index contributed by atoms with van der Waals surface area (Å²) in [6.07, 6.45) is 0. The molecule has 2 heterocycles. The average molecular weight is 518 g/mol. The van der Waals surface area contributed by atoms with Gasteiger partial charge in [0.05, 0.1) is 30.4 Å². The van der Waals surface area contributed by atoms with Crippen LogP contribution in [-0.2, 0) is 9.59 Å². The number of carbonyl (C=O) groups excluding carboxylic acids is 2. The number of nitrogens with zero attached hydrogens (tertiary/aromatic N) is 1. The van der Waals surface area contributed by atoms with Crippen LogP contribution in [0.4, 0.5) is 5.69 Å². The van der Waals surface area contributed by atoms with E-state index in [0.29, 0.717) is 10.6 Å². The summed E-state index contributed by atoms with van der Waals surface area (Å²) in [6, 6.07) is 9.75. The Morgan fingerprint density at radius 2 is 1.76 bits per heavy atom. The van der Waals surface area contributed by atoms with Gasteiger partial charge in [-0.15, -0.1) is 11.3 Å². The van der Waals surface area contributed by atoms with Gasteiger partial charge < -0.3 is 14.6 Å². The predicted molar refractivity (Wildman–Crippen MR) is 135 cm³/mol. The molecule has 3 aromatic rings. The third kappa shape index (κ3) is 3.74. The normalized spacial score (nSPS) is 17.4. The number of Topliss-reactive ketones (excluding diaryl/α,β-unsaturated/α-hetero) is 1. The molecular formula is C25H21Cl2NO5S. The van der Waals surface area contributed by atoms with Crippen LogP contribution in [0.3, 0.4) is 0 Å². The van der Waals surface area contributed by atoms with Crippen LogP contribution in [0, 0.1) is 13.8 Å². The number of amides is 1. The summed E-state index contributed by atoms with van der Waals surface area (Å²) in [5.74, 6) is -1.75. The number of aliphatic hydroxyl groups excluding tert-OH is 1. The molecule has 1 unspecified atom stereocenters. The SMILES string of the molecule is COc1c(Cl)cc(/C(O)=C2/C(=O)C(=O)N(c3cccc(C)c3C)C2c2cccs2)c(OC)c1Cl. The van der Waals surface area contributed by atoms with Gasteiger partial charge in [0.15, 0.2) is 11.5 Å². The molecule has 1 fully saturated rings. The first kappa shape index (κ1) is 24.1. The molecule has 176 valence electrons. The second kappa shape index (κ2) is 9.33. The summed E-state index contributed by atoms with van der Waals surface area (Å²) in [4.78, 5) is 28.9. The van der Waals surface area contributed by atoms with Crippen LogP contribution in [0.5, 0.6) is 11.5 Å². The van der Waals surface area contributed by atoms with E-state index in [1.54, 1.807) is 6.07 Å². The van der Waals surface area contributed by atoms with E-state index >= 15 is 0 Å². The lowest BCUT2D eigenvalue weighted by Crippen LogP contribution is -2.29. The Balaban J connectivity index is 2.02. The third-order valence-corrected chi connectivity index (χ3v) is 7.44. The average Bonchev–Trinajstić information content (AvgIpc) is 3.42. The van der Waals surface area contributed by atoms with Crippen molar-refractivity contribution < 1.29 is 24.2 Å². The lowest BCUT2D eigenvalue weighted by molar-refractivity contribution is -0.132. The van der Waals surface area contributed by atoms with Crippen molar-refractivity contribution in [3.63, 3.8) is 0 Å². The summed E-state index contributed by atoms with van der Waals surface area (Å²) in [5.41, 5.74) is 2.43. The standard InChI is InChI=1S/C25H21Cl2NO5S/c1-12-7-5-8-16(13(12)2)28-20(17-9-6-10-34-17)18(22(30)25(28)31)21(29)14-11-15(26)24(33-4)19(27)23(14)32-3/h5-11,20,29H,1-4H3/b21-18-. The van der Waals surface area contributed by atoms with Gasteiger partial charge in [0.2, 0.25) is 0 Å². The molecule has 1 aliphatic heterocycles. The highest BCUT2D eigenvalue weighted by molar-refractivity contribution is 7.10. The minimum absolute atomic E-state index is 0.0375. The van der Waals surface area contributed by atoms with E-state index in [2.05, 4.69) is 0 Å². The Bertz CT molecular complexity index is 1330. The first-order valence-electron chi connectivity index (χ1n) is 10.2. The number of thiophene rings is 1. The zero-order valence-corrected chi connectivity index (χ0v) is 21.1. The summed E-state index contributed by atoms with van der Waals surface area (Å²) < 4.78 is 10.6. The van der Waals surface area contributed by atoms with Crippen molar-refractivity contribution in [2.75, 3.05) is 19.1 Å². The lowest BCUT2D eigenvalue weighted by atomic mass is 9.98. The van der Waals surface area contributed by atoms with Crippen LogP contribution >= 0.6 is 34.5 Å². The number of halogens is 2. The van der Waals surface area contributed by atoms with E-state index in [-0.39, 0.29) is 32.7 Å². The highest BCUT2D eigenvalue weighted by atomic mass is 35.5. The summed E-state index contributed by atoms with van der Waals surface area (Å²) >= 11 is 14.1. The van der Waals surface area contributed by atoms with Crippen LogP contribution in [0.1, 0.15) is 27.6 Å². The van der Waals surface area contributed by atoms with Gasteiger partial charge in [-0.25, -0.2) is 0 Å². The van der Waals surface area contributed by atoms with Crippen molar-refractivity contribution >= 4 is 57.7 Å². The second-order valence-corrected chi connectivity index (χ2v) is 9.45. The van der Waals surface area contributed by atoms with Gasteiger partial charge in [-0.1, -0.05) is 41.4 Å². The summed E-state index contributed by atoms with van der Waals surface area (Å²) in [7, 11) is 2.77. The number of anilines is 1. The van der Waals surface area contributed by atoms with Gasteiger partial charge in [-0.05, 0) is 48.6 Å². The Morgan fingerprint density at radius 3 is 2.38 bits per heavy atom. The van der Waals surface area contributed by atoms with Crippen molar-refractivity contribution in [1.29, 1.82) is 0 Å². The van der Waals surface area contributed by atoms with Gasteiger partial charge in [0.25, 0.3) is 11.7 Å². The van der Waals surface area contributed by atoms with Crippen molar-refractivity contribution in [1.82, 2.24) is 0 Å². The summed E-state index contributed by atoms with van der Waals surface area (Å²) in [6.45, 7) is 3.82. The number of benzene rings is 2. The van der Waals surface area contributed by atoms with Gasteiger partial charge in [0.1, 0.15) is 16.8 Å². The van der Waals surface area contributed by atoms with E-state index in [0.717, 1.165) is 11.1 Å². The molecule has 1 saturated heterocycles. The molecule has 2 aromatic carbocycles. The maximum Gasteiger partial charge on any atom is 0.300 e. The van der Waals surface area contributed by atoms with Crippen molar-refractivity contribution in [2.24, 2.45) is 0 Å². The number of aliphatic hydroxyl groups is 1. The molecule has 1 aliphatic rings. The molecule has 1 aromatic heterocycles. The van der Waals surface area contributed by atoms with Crippen LogP contribution < -0.4 is 14.4 Å². The Labute approximate surface area is 210 Å². The molecule has 34 heavy (non-hydrogen) atoms. The van der Waals surface area contributed by atoms with E-state index in [4.69, 9.17) is 32.7 Å². The molecule has 1 atom stereocenters. The number of carbonyl (C=O) groups is 2. The number of rotatable bonds is 5. The molecule has 0 radical (unpaired) electrons. The Morgan fingerprint density at radius 1 is 1.06 bits per heavy atom. The van der Waals surface area contributed by atoms with E-state index in [1.807, 2.05) is 43.5 Å². The van der Waals surface area contributed by atoms with E-state index < -0.39 is 23.5 Å². The molecule has 1 amide bonds. The number of hydrogen-bond acceptors (Lipinski definition) is 6. The lowest BCUT2D eigenvalue weighted by Gasteiger charge is -2.26. The van der Waals surface area contributed by atoms with Crippen LogP contribution in [0.2, 0.25) is 10.0 Å². The van der Waals surface area contributed by atoms with Gasteiger partial charge in [-0.2, -0.15) is 0 Å². The molecular weight excluding hydrogens is 497 g/mol. The zero-order valence-electron chi connectivity index (χ0n) is 18.8. The van der Waals surface area contributed by atoms with E-state index in [9.17, 15) is 14.7 Å². The minimum atomic E-state index is -0.843. The van der Waals surface area contributed by atoms with Gasteiger partial charge >= 0.3 is 0 Å². The minimum Gasteiger partial charge on any atom is -0.507 e. The van der Waals surface area contributed by atoms with Crippen LogP contribution in [-0.4, -0.2) is 31.0 Å². The topological polar surface area (TPSA) is 76.1 Å². The Kier molecular flexibility index (Phi) is 6.62. The van der Waals surface area contributed by atoms with Crippen LogP contribution in [0.15, 0.2) is 47.4 Å². The smallest absolute Gasteiger partial charge is 0.300 e. The largest absolute Gasteiger partial charge is 0.507 e. The second-order valence-electron chi connectivity index (χ2n) is 7.69. The molecule has 6 nitrogen and oxygen atoms in total. The molecule has 0 saturated carbocycles. The molecule has 0 aliphatic carbocycles. The zero-order chi connectivity index (χ0) is 24.7. The van der Waals surface area contributed by atoms with Crippen molar-refractivity contribution in [3.8, 4) is 11.5 Å². The number of ketones is 1. The molecule has 1 N–H and O–H groups in total. The van der Waals surface area contributed by atoms with Crippen molar-refractivity contribution in [2.45, 2.75) is 19.9 Å². The molecule has 0 spiro atoms. The summed E-state index contributed by atoms with van der Waals surface area (Å²) in [5, 5.41) is 13.4. The van der Waals surface area contributed by atoms with E-state index in [1.165, 1.54) is 36.5 Å². The first-order chi connectivity index (χ1) is 16.2. The number of aryl methyl sites for hydroxylation is 1. The molecule has 9 heteroatoms. The van der Waals surface area contributed by atoms with Crippen molar-refractivity contribution in [3.05, 3.63) is 79.0 Å². The van der Waals surface area contributed by atoms with Gasteiger partial charge in [0, 0.05) is 10.6 Å². The number of methoxy groups -OCH3 is 2. The number of hydrogen-bond donors (Lipinski definition) is 1. The first-order valence-corrected chi connectivity index (χ1v) is 11.9. The molecule has 0 bridgehead atoms.